The summed E-state index contributed by atoms with van der Waals surface area (Å²) in [4.78, 5) is 28.0. The average molecular weight is 317 g/mol. The highest BCUT2D eigenvalue weighted by Gasteiger charge is 2.20. The first-order valence-electron chi connectivity index (χ1n) is 7.31. The Morgan fingerprint density at radius 3 is 2.52 bits per heavy atom. The number of nitrogens with one attached hydrogen (secondary N) is 1. The van der Waals surface area contributed by atoms with Gasteiger partial charge in [0.05, 0.1) is 18.9 Å². The van der Waals surface area contributed by atoms with Crippen molar-refractivity contribution < 1.29 is 19.1 Å². The van der Waals surface area contributed by atoms with Gasteiger partial charge in [0.15, 0.2) is 5.57 Å². The number of pyridine rings is 1. The Labute approximate surface area is 133 Å². The van der Waals surface area contributed by atoms with E-state index in [-0.39, 0.29) is 18.8 Å². The maximum atomic E-state index is 11.8. The van der Waals surface area contributed by atoms with Gasteiger partial charge in [0.25, 0.3) is 0 Å². The van der Waals surface area contributed by atoms with Crippen LogP contribution in [0.1, 0.15) is 19.5 Å². The van der Waals surface area contributed by atoms with Crippen molar-refractivity contribution in [3.05, 3.63) is 42.0 Å². The van der Waals surface area contributed by atoms with Crippen LogP contribution >= 0.6 is 0 Å². The molecule has 0 bridgehead atoms. The Morgan fingerprint density at radius 1 is 1.26 bits per heavy atom. The van der Waals surface area contributed by atoms with Crippen LogP contribution in [0.4, 0.5) is 5.69 Å². The molecule has 7 heteroatoms. The summed E-state index contributed by atoms with van der Waals surface area (Å²) in [6.07, 6.45) is 5.02. The fourth-order valence-corrected chi connectivity index (χ4v) is 1.97. The largest absolute Gasteiger partial charge is 0.462 e. The number of carbonyl (C=O) groups is 2. The van der Waals surface area contributed by atoms with E-state index in [4.69, 9.17) is 9.47 Å². The highest BCUT2D eigenvalue weighted by molar-refractivity contribution is 6.14. The molecule has 0 saturated heterocycles. The normalized spacial score (nSPS) is 10.2. The second kappa shape index (κ2) is 7.44. The van der Waals surface area contributed by atoms with Crippen LogP contribution in [0.3, 0.4) is 0 Å². The molecule has 2 rings (SSSR count). The molecular formula is C16H19N3O4. The number of hydrogen-bond donors (Lipinski definition) is 1. The van der Waals surface area contributed by atoms with Crippen molar-refractivity contribution in [2.45, 2.75) is 20.8 Å². The molecule has 0 aliphatic heterocycles. The fraction of sp³-hybridized carbons (Fsp3) is 0.312. The van der Waals surface area contributed by atoms with Crippen molar-refractivity contribution in [2.24, 2.45) is 0 Å². The molecule has 0 aliphatic rings. The molecule has 23 heavy (non-hydrogen) atoms. The van der Waals surface area contributed by atoms with Crippen LogP contribution in [0, 0.1) is 6.92 Å². The minimum absolute atomic E-state index is 0.175. The lowest BCUT2D eigenvalue weighted by atomic mass is 10.3. The number of aryl methyl sites for hydroxylation is 1. The fourth-order valence-electron chi connectivity index (χ4n) is 1.97. The lowest BCUT2D eigenvalue weighted by Gasteiger charge is -2.08. The van der Waals surface area contributed by atoms with Crippen LogP contribution in [-0.4, -0.2) is 34.5 Å². The van der Waals surface area contributed by atoms with E-state index in [1.54, 1.807) is 26.0 Å². The van der Waals surface area contributed by atoms with Gasteiger partial charge in [0, 0.05) is 30.3 Å². The maximum Gasteiger partial charge on any atom is 0.347 e. The molecular weight excluding hydrogens is 298 g/mol. The number of imidazole rings is 1. The van der Waals surface area contributed by atoms with Crippen molar-refractivity contribution in [2.75, 3.05) is 18.5 Å². The number of fused-ring (bicyclic) bond motifs is 1. The van der Waals surface area contributed by atoms with E-state index in [2.05, 4.69) is 10.3 Å². The second-order valence-corrected chi connectivity index (χ2v) is 4.71. The zero-order chi connectivity index (χ0) is 16.8. The van der Waals surface area contributed by atoms with Gasteiger partial charge >= 0.3 is 11.9 Å². The molecule has 2 heterocycles. The van der Waals surface area contributed by atoms with Gasteiger partial charge in [-0.3, -0.25) is 0 Å². The highest BCUT2D eigenvalue weighted by atomic mass is 16.6. The smallest absolute Gasteiger partial charge is 0.347 e. The summed E-state index contributed by atoms with van der Waals surface area (Å²) >= 11 is 0. The van der Waals surface area contributed by atoms with Gasteiger partial charge < -0.3 is 19.2 Å². The molecule has 0 aromatic carbocycles. The summed E-state index contributed by atoms with van der Waals surface area (Å²) in [6.45, 7) is 5.59. The minimum atomic E-state index is -0.726. The van der Waals surface area contributed by atoms with Gasteiger partial charge in [-0.15, -0.1) is 0 Å². The first-order chi connectivity index (χ1) is 11.0. The molecule has 122 valence electrons. The van der Waals surface area contributed by atoms with Crippen molar-refractivity contribution in [3.8, 4) is 0 Å². The van der Waals surface area contributed by atoms with Gasteiger partial charge in [-0.1, -0.05) is 0 Å². The highest BCUT2D eigenvalue weighted by Crippen LogP contribution is 2.13. The number of rotatable bonds is 6. The Kier molecular flexibility index (Phi) is 5.35. The first-order valence-corrected chi connectivity index (χ1v) is 7.31. The third-order valence-corrected chi connectivity index (χ3v) is 2.95. The molecule has 0 atom stereocenters. The summed E-state index contributed by atoms with van der Waals surface area (Å²) in [6, 6.07) is 3.61. The summed E-state index contributed by atoms with van der Waals surface area (Å²) in [5.41, 5.74) is 2.16. The molecule has 0 fully saturated rings. The quantitative estimate of drug-likeness (QED) is 0.380. The Balaban J connectivity index is 2.22. The van der Waals surface area contributed by atoms with Crippen LogP contribution in [0.15, 0.2) is 36.3 Å². The lowest BCUT2D eigenvalue weighted by molar-refractivity contribution is -0.146. The third kappa shape index (κ3) is 4.09. The molecule has 0 radical (unpaired) electrons. The van der Waals surface area contributed by atoms with E-state index in [0.29, 0.717) is 5.69 Å². The van der Waals surface area contributed by atoms with Crippen LogP contribution in [0.2, 0.25) is 0 Å². The number of ether oxygens (including phenoxy) is 2. The van der Waals surface area contributed by atoms with Gasteiger partial charge in [-0.2, -0.15) is 0 Å². The van der Waals surface area contributed by atoms with Crippen LogP contribution < -0.4 is 5.32 Å². The van der Waals surface area contributed by atoms with E-state index in [1.807, 2.05) is 23.7 Å². The van der Waals surface area contributed by atoms with Gasteiger partial charge in [0.2, 0.25) is 0 Å². The van der Waals surface area contributed by atoms with Crippen molar-refractivity contribution >= 4 is 23.3 Å². The molecule has 0 amide bonds. The first kappa shape index (κ1) is 16.5. The maximum absolute atomic E-state index is 11.8. The Hall–Kier alpha value is -2.83. The monoisotopic (exact) mass is 317 g/mol. The molecule has 2 aromatic heterocycles. The molecule has 1 N–H and O–H groups in total. The number of carbonyl (C=O) groups excluding carboxylic acids is 2. The summed E-state index contributed by atoms with van der Waals surface area (Å²) < 4.78 is 11.6. The predicted octanol–water partition coefficient (Wildman–Crippen LogP) is 2.06. The minimum Gasteiger partial charge on any atom is -0.462 e. The number of hydrogen-bond acceptors (Lipinski definition) is 6. The van der Waals surface area contributed by atoms with Gasteiger partial charge in [-0.25, -0.2) is 14.6 Å². The van der Waals surface area contributed by atoms with Crippen molar-refractivity contribution in [3.63, 3.8) is 0 Å². The summed E-state index contributed by atoms with van der Waals surface area (Å²) in [5, 5.41) is 2.91. The lowest BCUT2D eigenvalue weighted by Crippen LogP contribution is -2.19. The van der Waals surface area contributed by atoms with Crippen molar-refractivity contribution in [1.82, 2.24) is 9.38 Å². The van der Waals surface area contributed by atoms with Gasteiger partial charge in [0.1, 0.15) is 5.65 Å². The Bertz CT molecular complexity index is 729. The average Bonchev–Trinajstić information content (AvgIpc) is 2.87. The van der Waals surface area contributed by atoms with E-state index < -0.39 is 11.9 Å². The molecule has 2 aromatic rings. The SMILES string of the molecule is CCOC(=O)C(=CNc1ccn2cc(C)nc2c1)C(=O)OCC. The molecule has 0 spiro atoms. The van der Waals surface area contributed by atoms with E-state index in [0.717, 1.165) is 11.3 Å². The number of esters is 2. The Morgan fingerprint density at radius 2 is 1.91 bits per heavy atom. The zero-order valence-electron chi connectivity index (χ0n) is 13.3. The zero-order valence-corrected chi connectivity index (χ0v) is 13.3. The molecule has 0 unspecified atom stereocenters. The van der Waals surface area contributed by atoms with Crippen LogP contribution in [0.25, 0.3) is 5.65 Å². The van der Waals surface area contributed by atoms with Crippen LogP contribution in [-0.2, 0) is 19.1 Å². The van der Waals surface area contributed by atoms with E-state index in [1.165, 1.54) is 6.20 Å². The van der Waals surface area contributed by atoms with Crippen LogP contribution in [0.5, 0.6) is 0 Å². The summed E-state index contributed by atoms with van der Waals surface area (Å²) in [5.74, 6) is -1.45. The predicted molar refractivity (Wildman–Crippen MR) is 84.9 cm³/mol. The van der Waals surface area contributed by atoms with Gasteiger partial charge in [-0.05, 0) is 26.8 Å². The number of aromatic nitrogens is 2. The van der Waals surface area contributed by atoms with E-state index in [9.17, 15) is 9.59 Å². The van der Waals surface area contributed by atoms with E-state index >= 15 is 0 Å². The number of nitrogens with zero attached hydrogens (tertiary/aromatic N) is 2. The second-order valence-electron chi connectivity index (χ2n) is 4.71. The summed E-state index contributed by atoms with van der Waals surface area (Å²) in [7, 11) is 0. The molecule has 0 aliphatic carbocycles. The van der Waals surface area contributed by atoms with Crippen molar-refractivity contribution in [1.29, 1.82) is 0 Å². The number of anilines is 1. The standard InChI is InChI=1S/C16H19N3O4/c1-4-22-15(20)13(16(21)23-5-2)9-17-12-6-7-19-10-11(3)18-14(19)8-12/h6-10,17H,4-5H2,1-3H3. The molecule has 7 nitrogen and oxygen atoms in total. The third-order valence-electron chi connectivity index (χ3n) is 2.95. The molecule has 0 saturated carbocycles. The topological polar surface area (TPSA) is 81.9 Å².